The summed E-state index contributed by atoms with van der Waals surface area (Å²) in [4.78, 5) is 29.7. The fourth-order valence-corrected chi connectivity index (χ4v) is 5.65. The van der Waals surface area contributed by atoms with Crippen molar-refractivity contribution in [3.05, 3.63) is 35.5 Å². The SMILES string of the molecule is CCn1c(CC[C@@H]2CCCN2C(=O)[C@H]2CCCN2C(=O)CCS)cc2ccc(C#N)cc21. The van der Waals surface area contributed by atoms with Gasteiger partial charge in [0.25, 0.3) is 0 Å². The largest absolute Gasteiger partial charge is 0.345 e. The monoisotopic (exact) mass is 452 g/mol. The Morgan fingerprint density at radius 3 is 2.69 bits per heavy atom. The maximum absolute atomic E-state index is 13.4. The van der Waals surface area contributed by atoms with E-state index in [0.29, 0.717) is 24.3 Å². The molecule has 0 aliphatic carbocycles. The van der Waals surface area contributed by atoms with E-state index in [1.54, 1.807) is 4.90 Å². The van der Waals surface area contributed by atoms with Crippen molar-refractivity contribution in [2.45, 2.75) is 70.5 Å². The van der Waals surface area contributed by atoms with Crippen LogP contribution < -0.4 is 0 Å². The normalized spacial score (nSPS) is 20.8. The average Bonchev–Trinajstić information content (AvgIpc) is 3.54. The molecule has 6 nitrogen and oxygen atoms in total. The molecule has 32 heavy (non-hydrogen) atoms. The molecular weight excluding hydrogens is 420 g/mol. The molecule has 2 fully saturated rings. The first-order valence-electron chi connectivity index (χ1n) is 11.8. The Morgan fingerprint density at radius 2 is 1.94 bits per heavy atom. The maximum atomic E-state index is 13.4. The van der Waals surface area contributed by atoms with E-state index in [1.165, 1.54) is 5.69 Å². The van der Waals surface area contributed by atoms with Gasteiger partial charge >= 0.3 is 0 Å². The van der Waals surface area contributed by atoms with Crippen LogP contribution in [0.2, 0.25) is 0 Å². The standard InChI is InChI=1S/C25H32N4O2S/c1-2-27-21(16-19-8-7-18(17-26)15-23(19)27)10-9-20-5-3-12-28(20)25(31)22-6-4-13-29(22)24(30)11-14-32/h7-8,15-16,20,22,32H,2-6,9-14H2,1H3/t20-,22+/m0/s1. The minimum Gasteiger partial charge on any atom is -0.345 e. The molecule has 7 heteroatoms. The van der Waals surface area contributed by atoms with Crippen LogP contribution in [-0.4, -0.2) is 57.1 Å². The first kappa shape index (κ1) is 22.7. The van der Waals surface area contributed by atoms with Gasteiger partial charge in [0.2, 0.25) is 11.8 Å². The van der Waals surface area contributed by atoms with Crippen molar-refractivity contribution < 1.29 is 9.59 Å². The first-order valence-corrected chi connectivity index (χ1v) is 12.4. The molecule has 0 bridgehead atoms. The molecule has 2 aliphatic rings. The highest BCUT2D eigenvalue weighted by molar-refractivity contribution is 7.80. The second-order valence-corrected chi connectivity index (χ2v) is 9.30. The predicted octanol–water partition coefficient (Wildman–Crippen LogP) is 3.77. The lowest BCUT2D eigenvalue weighted by Crippen LogP contribution is -2.49. The summed E-state index contributed by atoms with van der Waals surface area (Å²) in [5.74, 6) is 0.701. The fraction of sp³-hybridized carbons (Fsp3) is 0.560. The zero-order valence-electron chi connectivity index (χ0n) is 18.8. The number of nitriles is 1. The Labute approximate surface area is 195 Å². The molecule has 2 aliphatic heterocycles. The molecule has 0 spiro atoms. The number of hydrogen-bond acceptors (Lipinski definition) is 4. The number of hydrogen-bond donors (Lipinski definition) is 1. The highest BCUT2D eigenvalue weighted by atomic mass is 32.1. The van der Waals surface area contributed by atoms with Crippen LogP contribution in [0.3, 0.4) is 0 Å². The molecule has 2 amide bonds. The number of nitrogens with zero attached hydrogens (tertiary/aromatic N) is 4. The summed E-state index contributed by atoms with van der Waals surface area (Å²) in [5.41, 5.74) is 3.03. The molecule has 0 unspecified atom stereocenters. The van der Waals surface area contributed by atoms with E-state index in [0.717, 1.165) is 62.5 Å². The molecule has 1 aromatic heterocycles. The van der Waals surface area contributed by atoms with E-state index in [4.69, 9.17) is 0 Å². The van der Waals surface area contributed by atoms with Gasteiger partial charge in [-0.05, 0) is 74.8 Å². The Hall–Kier alpha value is -2.46. The summed E-state index contributed by atoms with van der Waals surface area (Å²) in [6.07, 6.45) is 5.92. The number of fused-ring (bicyclic) bond motifs is 1. The Kier molecular flexibility index (Phi) is 7.10. The molecule has 0 saturated carbocycles. The Morgan fingerprint density at radius 1 is 1.16 bits per heavy atom. The minimum atomic E-state index is -0.297. The quantitative estimate of drug-likeness (QED) is 0.650. The number of carbonyl (C=O) groups excluding carboxylic acids is 2. The van der Waals surface area contributed by atoms with Gasteiger partial charge in [0.1, 0.15) is 6.04 Å². The van der Waals surface area contributed by atoms with E-state index in [-0.39, 0.29) is 23.9 Å². The third-order valence-corrected chi connectivity index (χ3v) is 7.24. The van der Waals surface area contributed by atoms with Crippen LogP contribution in [0.15, 0.2) is 24.3 Å². The molecular formula is C25H32N4O2S. The van der Waals surface area contributed by atoms with Gasteiger partial charge in [-0.1, -0.05) is 6.07 Å². The van der Waals surface area contributed by atoms with Gasteiger partial charge in [0, 0.05) is 43.3 Å². The number of benzene rings is 1. The van der Waals surface area contributed by atoms with Gasteiger partial charge in [0.05, 0.1) is 11.6 Å². The van der Waals surface area contributed by atoms with Crippen LogP contribution in [0, 0.1) is 11.3 Å². The number of amides is 2. The van der Waals surface area contributed by atoms with Crippen molar-refractivity contribution in [1.29, 1.82) is 5.26 Å². The smallest absolute Gasteiger partial charge is 0.245 e. The molecule has 2 saturated heterocycles. The summed E-state index contributed by atoms with van der Waals surface area (Å²) < 4.78 is 2.28. The number of likely N-dealkylation sites (tertiary alicyclic amines) is 2. The number of carbonyl (C=O) groups is 2. The van der Waals surface area contributed by atoms with Crippen LogP contribution >= 0.6 is 12.6 Å². The molecule has 0 radical (unpaired) electrons. The number of aromatic nitrogens is 1. The number of rotatable bonds is 7. The summed E-state index contributed by atoms with van der Waals surface area (Å²) in [7, 11) is 0. The average molecular weight is 453 g/mol. The highest BCUT2D eigenvalue weighted by Crippen LogP contribution is 2.29. The van der Waals surface area contributed by atoms with E-state index in [9.17, 15) is 14.9 Å². The van der Waals surface area contributed by atoms with Gasteiger partial charge in [-0.15, -0.1) is 0 Å². The minimum absolute atomic E-state index is 0.0517. The van der Waals surface area contributed by atoms with Gasteiger partial charge < -0.3 is 14.4 Å². The van der Waals surface area contributed by atoms with Gasteiger partial charge in [-0.3, -0.25) is 9.59 Å². The second-order valence-electron chi connectivity index (χ2n) is 8.85. The lowest BCUT2D eigenvalue weighted by atomic mass is 10.1. The first-order chi connectivity index (χ1) is 15.6. The lowest BCUT2D eigenvalue weighted by Gasteiger charge is -2.31. The second kappa shape index (κ2) is 9.99. The lowest BCUT2D eigenvalue weighted by molar-refractivity contribution is -0.144. The molecule has 2 atom stereocenters. The number of aryl methyl sites for hydroxylation is 2. The summed E-state index contributed by atoms with van der Waals surface area (Å²) in [6.45, 7) is 4.45. The van der Waals surface area contributed by atoms with E-state index < -0.39 is 0 Å². The maximum Gasteiger partial charge on any atom is 0.245 e. The van der Waals surface area contributed by atoms with Crippen molar-refractivity contribution >= 4 is 35.3 Å². The third-order valence-electron chi connectivity index (χ3n) is 7.01. The molecule has 0 N–H and O–H groups in total. The zero-order chi connectivity index (χ0) is 22.7. The summed E-state index contributed by atoms with van der Waals surface area (Å²) >= 11 is 4.18. The topological polar surface area (TPSA) is 69.3 Å². The van der Waals surface area contributed by atoms with E-state index in [2.05, 4.69) is 36.3 Å². The third kappa shape index (κ3) is 4.38. The van der Waals surface area contributed by atoms with Crippen LogP contribution in [0.4, 0.5) is 0 Å². The van der Waals surface area contributed by atoms with Crippen molar-refractivity contribution in [3.8, 4) is 6.07 Å². The van der Waals surface area contributed by atoms with Crippen LogP contribution in [0.25, 0.3) is 10.9 Å². The van der Waals surface area contributed by atoms with Gasteiger partial charge in [-0.25, -0.2) is 0 Å². The summed E-state index contributed by atoms with van der Waals surface area (Å²) in [6, 6.07) is 10.2. The van der Waals surface area contributed by atoms with Crippen molar-refractivity contribution in [1.82, 2.24) is 14.4 Å². The Bertz CT molecular complexity index is 1040. The van der Waals surface area contributed by atoms with E-state index in [1.807, 2.05) is 23.1 Å². The molecule has 3 heterocycles. The van der Waals surface area contributed by atoms with E-state index >= 15 is 0 Å². The van der Waals surface area contributed by atoms with Crippen molar-refractivity contribution in [2.75, 3.05) is 18.8 Å². The van der Waals surface area contributed by atoms with Crippen molar-refractivity contribution in [2.24, 2.45) is 0 Å². The van der Waals surface area contributed by atoms with Crippen LogP contribution in [-0.2, 0) is 22.6 Å². The highest BCUT2D eigenvalue weighted by Gasteiger charge is 2.39. The van der Waals surface area contributed by atoms with Crippen LogP contribution in [0.1, 0.15) is 56.7 Å². The van der Waals surface area contributed by atoms with Gasteiger partial charge in [0.15, 0.2) is 0 Å². The zero-order valence-corrected chi connectivity index (χ0v) is 19.7. The summed E-state index contributed by atoms with van der Waals surface area (Å²) in [5, 5.41) is 10.4. The molecule has 4 rings (SSSR count). The Balaban J connectivity index is 1.46. The molecule has 2 aromatic rings. The molecule has 170 valence electrons. The predicted molar refractivity (Wildman–Crippen MR) is 129 cm³/mol. The number of thiol groups is 1. The fourth-order valence-electron chi connectivity index (χ4n) is 5.45. The van der Waals surface area contributed by atoms with Crippen molar-refractivity contribution in [3.63, 3.8) is 0 Å². The van der Waals surface area contributed by atoms with Gasteiger partial charge in [-0.2, -0.15) is 17.9 Å². The van der Waals surface area contributed by atoms with Crippen LogP contribution in [0.5, 0.6) is 0 Å². The molecule has 1 aromatic carbocycles.